The van der Waals surface area contributed by atoms with E-state index in [-0.39, 0.29) is 6.61 Å². The van der Waals surface area contributed by atoms with E-state index in [1.807, 2.05) is 0 Å². The molecule has 0 aromatic rings. The van der Waals surface area contributed by atoms with Gasteiger partial charge in [0.1, 0.15) is 0 Å². The first-order valence-electron chi connectivity index (χ1n) is 5.50. The summed E-state index contributed by atoms with van der Waals surface area (Å²) < 4.78 is 0. The molecule has 2 N–H and O–H groups in total. The van der Waals surface area contributed by atoms with Gasteiger partial charge in [0.2, 0.25) is 0 Å². The predicted octanol–water partition coefficient (Wildman–Crippen LogP) is 1.78. The average molecular weight is 185 g/mol. The van der Waals surface area contributed by atoms with Crippen LogP contribution in [0.2, 0.25) is 0 Å². The van der Waals surface area contributed by atoms with Crippen LogP contribution in [0.4, 0.5) is 0 Å². The Morgan fingerprint density at radius 3 is 2.31 bits per heavy atom. The monoisotopic (exact) mass is 185 g/mol. The second-order valence-electron chi connectivity index (χ2n) is 4.80. The van der Waals surface area contributed by atoms with Crippen molar-refractivity contribution in [1.29, 1.82) is 0 Å². The van der Waals surface area contributed by atoms with Gasteiger partial charge < -0.3 is 10.4 Å². The number of aliphatic hydroxyl groups excluding tert-OH is 1. The number of rotatable bonds is 6. The van der Waals surface area contributed by atoms with Crippen molar-refractivity contribution in [3.63, 3.8) is 0 Å². The zero-order valence-electron chi connectivity index (χ0n) is 9.09. The Morgan fingerprint density at radius 1 is 1.31 bits per heavy atom. The molecule has 1 rings (SSSR count). The van der Waals surface area contributed by atoms with Gasteiger partial charge in [-0.15, -0.1) is 0 Å². The fraction of sp³-hybridized carbons (Fsp3) is 1.00. The topological polar surface area (TPSA) is 32.3 Å². The van der Waals surface area contributed by atoms with Crippen LogP contribution in [0.25, 0.3) is 0 Å². The van der Waals surface area contributed by atoms with E-state index in [9.17, 15) is 0 Å². The summed E-state index contributed by atoms with van der Waals surface area (Å²) in [7, 11) is 0. The zero-order chi connectivity index (χ0) is 9.84. The smallest absolute Gasteiger partial charge is 0.0584 e. The van der Waals surface area contributed by atoms with Crippen LogP contribution in [0.15, 0.2) is 0 Å². The predicted molar refractivity (Wildman–Crippen MR) is 55.7 cm³/mol. The van der Waals surface area contributed by atoms with Crippen LogP contribution in [0, 0.1) is 11.8 Å². The van der Waals surface area contributed by atoms with Gasteiger partial charge in [-0.3, -0.25) is 0 Å². The number of aliphatic hydroxyl groups is 1. The van der Waals surface area contributed by atoms with Gasteiger partial charge in [-0.25, -0.2) is 0 Å². The van der Waals surface area contributed by atoms with Gasteiger partial charge in [0.15, 0.2) is 0 Å². The molecule has 0 spiro atoms. The molecular formula is C11H23NO. The lowest BCUT2D eigenvalue weighted by Gasteiger charge is -2.22. The van der Waals surface area contributed by atoms with Crippen molar-refractivity contribution >= 4 is 0 Å². The Hall–Kier alpha value is -0.0800. The lowest BCUT2D eigenvalue weighted by molar-refractivity contribution is 0.211. The summed E-state index contributed by atoms with van der Waals surface area (Å²) in [5.74, 6) is 1.54. The largest absolute Gasteiger partial charge is 0.395 e. The Balaban J connectivity index is 2.21. The molecule has 0 radical (unpaired) electrons. The van der Waals surface area contributed by atoms with E-state index in [4.69, 9.17) is 5.11 Å². The molecule has 0 aromatic heterocycles. The van der Waals surface area contributed by atoms with E-state index < -0.39 is 0 Å². The van der Waals surface area contributed by atoms with Gasteiger partial charge in [0.05, 0.1) is 6.61 Å². The van der Waals surface area contributed by atoms with Crippen molar-refractivity contribution < 1.29 is 5.11 Å². The minimum atomic E-state index is 0.273. The highest BCUT2D eigenvalue weighted by atomic mass is 16.3. The Bertz CT molecular complexity index is 143. The first kappa shape index (κ1) is 11.0. The SMILES string of the molecule is CC(C)C[C@@H](CO)N[C@@H](C)C1CC1. The molecule has 0 unspecified atom stereocenters. The number of hydrogen-bond acceptors (Lipinski definition) is 2. The van der Waals surface area contributed by atoms with Crippen LogP contribution in [0.5, 0.6) is 0 Å². The van der Waals surface area contributed by atoms with Gasteiger partial charge in [0.25, 0.3) is 0 Å². The van der Waals surface area contributed by atoms with Crippen molar-refractivity contribution in [2.24, 2.45) is 11.8 Å². The molecule has 78 valence electrons. The Labute approximate surface area is 81.7 Å². The van der Waals surface area contributed by atoms with Gasteiger partial charge in [-0.1, -0.05) is 13.8 Å². The first-order valence-corrected chi connectivity index (χ1v) is 5.50. The maximum atomic E-state index is 9.16. The summed E-state index contributed by atoms with van der Waals surface area (Å²) in [6, 6.07) is 0.895. The zero-order valence-corrected chi connectivity index (χ0v) is 9.09. The molecule has 13 heavy (non-hydrogen) atoms. The lowest BCUT2D eigenvalue weighted by atomic mass is 10.0. The van der Waals surface area contributed by atoms with Crippen molar-refractivity contribution in [3.8, 4) is 0 Å². The third-order valence-corrected chi connectivity index (χ3v) is 2.80. The van der Waals surface area contributed by atoms with Crippen LogP contribution in [-0.2, 0) is 0 Å². The van der Waals surface area contributed by atoms with E-state index in [1.54, 1.807) is 0 Å². The van der Waals surface area contributed by atoms with Gasteiger partial charge >= 0.3 is 0 Å². The summed E-state index contributed by atoms with van der Waals surface area (Å²) in [4.78, 5) is 0. The first-order chi connectivity index (χ1) is 6.13. The molecule has 0 saturated heterocycles. The molecule has 1 aliphatic rings. The minimum Gasteiger partial charge on any atom is -0.395 e. The summed E-state index contributed by atoms with van der Waals surface area (Å²) in [5, 5.41) is 12.7. The van der Waals surface area contributed by atoms with Crippen molar-refractivity contribution in [3.05, 3.63) is 0 Å². The second-order valence-corrected chi connectivity index (χ2v) is 4.80. The van der Waals surface area contributed by atoms with Crippen LogP contribution in [-0.4, -0.2) is 23.8 Å². The number of nitrogens with one attached hydrogen (secondary N) is 1. The molecule has 1 saturated carbocycles. The van der Waals surface area contributed by atoms with Gasteiger partial charge in [0, 0.05) is 12.1 Å². The standard InChI is InChI=1S/C11H23NO/c1-8(2)6-11(7-13)12-9(3)10-4-5-10/h8-13H,4-7H2,1-3H3/t9-,11-/m0/s1. The van der Waals surface area contributed by atoms with Crippen LogP contribution in [0.1, 0.15) is 40.0 Å². The summed E-state index contributed by atoms with van der Waals surface area (Å²) in [6.07, 6.45) is 3.82. The molecule has 0 heterocycles. The fourth-order valence-corrected chi connectivity index (χ4v) is 1.87. The molecule has 0 aromatic carbocycles. The minimum absolute atomic E-state index is 0.273. The van der Waals surface area contributed by atoms with E-state index in [1.165, 1.54) is 12.8 Å². The number of hydrogen-bond donors (Lipinski definition) is 2. The Morgan fingerprint density at radius 2 is 1.92 bits per heavy atom. The summed E-state index contributed by atoms with van der Waals surface area (Å²) >= 11 is 0. The molecule has 1 fully saturated rings. The average Bonchev–Trinajstić information content (AvgIpc) is 2.84. The van der Waals surface area contributed by atoms with Gasteiger partial charge in [-0.05, 0) is 38.0 Å². The highest BCUT2D eigenvalue weighted by Gasteiger charge is 2.29. The highest BCUT2D eigenvalue weighted by Crippen LogP contribution is 2.32. The molecule has 2 heteroatoms. The third kappa shape index (κ3) is 4.10. The van der Waals surface area contributed by atoms with Gasteiger partial charge in [-0.2, -0.15) is 0 Å². The fourth-order valence-electron chi connectivity index (χ4n) is 1.87. The van der Waals surface area contributed by atoms with E-state index in [0.717, 1.165) is 12.3 Å². The van der Waals surface area contributed by atoms with Crippen LogP contribution in [0.3, 0.4) is 0 Å². The van der Waals surface area contributed by atoms with Crippen molar-refractivity contribution in [2.75, 3.05) is 6.61 Å². The molecule has 1 aliphatic carbocycles. The molecule has 2 nitrogen and oxygen atoms in total. The normalized spacial score (nSPS) is 21.9. The molecular weight excluding hydrogens is 162 g/mol. The third-order valence-electron chi connectivity index (χ3n) is 2.80. The maximum absolute atomic E-state index is 9.16. The van der Waals surface area contributed by atoms with Crippen LogP contribution < -0.4 is 5.32 Å². The molecule has 0 bridgehead atoms. The quantitative estimate of drug-likeness (QED) is 0.661. The van der Waals surface area contributed by atoms with E-state index in [2.05, 4.69) is 26.1 Å². The van der Waals surface area contributed by atoms with Crippen LogP contribution >= 0.6 is 0 Å². The molecule has 0 amide bonds. The summed E-state index contributed by atoms with van der Waals surface area (Å²) in [5.41, 5.74) is 0. The van der Waals surface area contributed by atoms with E-state index >= 15 is 0 Å². The van der Waals surface area contributed by atoms with Crippen molar-refractivity contribution in [2.45, 2.75) is 52.1 Å². The Kier molecular flexibility index (Phi) is 4.20. The summed E-state index contributed by atoms with van der Waals surface area (Å²) in [6.45, 7) is 6.91. The molecule has 2 atom stereocenters. The second kappa shape index (κ2) is 4.97. The molecule has 0 aliphatic heterocycles. The maximum Gasteiger partial charge on any atom is 0.0584 e. The highest BCUT2D eigenvalue weighted by molar-refractivity contribution is 4.85. The van der Waals surface area contributed by atoms with E-state index in [0.29, 0.717) is 18.0 Å². The lowest BCUT2D eigenvalue weighted by Crippen LogP contribution is -2.40. The van der Waals surface area contributed by atoms with Crippen molar-refractivity contribution in [1.82, 2.24) is 5.32 Å².